The minimum Gasteiger partial charge on any atom is -0.465 e. The van der Waals surface area contributed by atoms with Crippen LogP contribution in [-0.4, -0.2) is 35.8 Å². The largest absolute Gasteiger partial charge is 0.465 e. The second-order valence-corrected chi connectivity index (χ2v) is 6.81. The molecular weight excluding hydrogens is 320 g/mol. The molecule has 1 aromatic rings. The summed E-state index contributed by atoms with van der Waals surface area (Å²) < 4.78 is 4.81. The van der Waals surface area contributed by atoms with Crippen molar-refractivity contribution in [3.05, 3.63) is 22.5 Å². The first kappa shape index (κ1) is 19.2. The van der Waals surface area contributed by atoms with Crippen molar-refractivity contribution in [3.8, 4) is 0 Å². The lowest BCUT2D eigenvalue weighted by Gasteiger charge is -2.21. The van der Waals surface area contributed by atoms with Gasteiger partial charge in [0, 0.05) is 18.7 Å². The van der Waals surface area contributed by atoms with Crippen molar-refractivity contribution in [1.82, 2.24) is 10.3 Å². The number of aromatic nitrogens is 1. The van der Waals surface area contributed by atoms with Gasteiger partial charge in [-0.25, -0.2) is 4.79 Å². The fraction of sp³-hybridized carbons (Fsp3) is 0.632. The summed E-state index contributed by atoms with van der Waals surface area (Å²) >= 11 is 0. The van der Waals surface area contributed by atoms with E-state index in [2.05, 4.69) is 10.3 Å². The number of ether oxygens (including phenoxy) is 1. The van der Waals surface area contributed by atoms with Gasteiger partial charge >= 0.3 is 5.97 Å². The number of hydrogen-bond donors (Lipinski definition) is 2. The van der Waals surface area contributed by atoms with Gasteiger partial charge in [-0.15, -0.1) is 0 Å². The standard InChI is InChI=1S/C19H28N2O4/c1-12-17(19(24)25-3)15(21-18(12)13(2)22)11-16(23)20-14-9-7-5-4-6-8-10-14/h14,21H,4-11H2,1-3H3,(H,20,23). The Balaban J connectivity index is 2.12. The van der Waals surface area contributed by atoms with E-state index >= 15 is 0 Å². The van der Waals surface area contributed by atoms with Crippen LogP contribution in [-0.2, 0) is 16.0 Å². The molecule has 1 aliphatic carbocycles. The summed E-state index contributed by atoms with van der Waals surface area (Å²) in [7, 11) is 1.29. The molecular formula is C19H28N2O4. The monoisotopic (exact) mass is 348 g/mol. The molecule has 0 atom stereocenters. The number of esters is 1. The van der Waals surface area contributed by atoms with E-state index in [0.29, 0.717) is 22.5 Å². The summed E-state index contributed by atoms with van der Waals surface area (Å²) in [5.41, 5.74) is 1.63. The lowest BCUT2D eigenvalue weighted by atomic mass is 9.96. The van der Waals surface area contributed by atoms with Gasteiger partial charge in [-0.1, -0.05) is 32.1 Å². The predicted octanol–water partition coefficient (Wildman–Crippen LogP) is 3.08. The molecule has 0 aliphatic heterocycles. The molecule has 0 spiro atoms. The van der Waals surface area contributed by atoms with Crippen LogP contribution in [0.25, 0.3) is 0 Å². The summed E-state index contributed by atoms with van der Waals surface area (Å²) in [6.07, 6.45) is 8.01. The van der Waals surface area contributed by atoms with Crippen molar-refractivity contribution in [3.63, 3.8) is 0 Å². The zero-order valence-corrected chi connectivity index (χ0v) is 15.4. The van der Waals surface area contributed by atoms with E-state index in [-0.39, 0.29) is 24.2 Å². The van der Waals surface area contributed by atoms with Crippen LogP contribution in [0.1, 0.15) is 84.0 Å². The molecule has 1 fully saturated rings. The zero-order valence-electron chi connectivity index (χ0n) is 15.4. The molecule has 0 unspecified atom stereocenters. The van der Waals surface area contributed by atoms with Gasteiger partial charge in [0.25, 0.3) is 0 Å². The van der Waals surface area contributed by atoms with E-state index in [0.717, 1.165) is 25.7 Å². The molecule has 1 heterocycles. The number of hydrogen-bond acceptors (Lipinski definition) is 4. The first-order chi connectivity index (χ1) is 11.9. The Morgan fingerprint density at radius 3 is 2.28 bits per heavy atom. The van der Waals surface area contributed by atoms with Crippen molar-refractivity contribution >= 4 is 17.7 Å². The Morgan fingerprint density at radius 2 is 1.72 bits per heavy atom. The number of nitrogens with one attached hydrogen (secondary N) is 2. The molecule has 0 bridgehead atoms. The number of Topliss-reactive ketones (excluding diaryl/α,β-unsaturated/α-hetero) is 1. The SMILES string of the molecule is COC(=O)c1c(CC(=O)NC2CCCCCCC2)[nH]c(C(C)=O)c1C. The van der Waals surface area contributed by atoms with Crippen LogP contribution in [0.15, 0.2) is 0 Å². The number of ketones is 1. The third-order valence-electron chi connectivity index (χ3n) is 4.88. The lowest BCUT2D eigenvalue weighted by molar-refractivity contribution is -0.121. The zero-order chi connectivity index (χ0) is 18.4. The maximum atomic E-state index is 12.5. The number of aromatic amines is 1. The van der Waals surface area contributed by atoms with Gasteiger partial charge in [-0.3, -0.25) is 9.59 Å². The van der Waals surface area contributed by atoms with Crippen LogP contribution in [0.2, 0.25) is 0 Å². The van der Waals surface area contributed by atoms with Gasteiger partial charge < -0.3 is 15.0 Å². The summed E-state index contributed by atoms with van der Waals surface area (Å²) in [5, 5.41) is 3.08. The van der Waals surface area contributed by atoms with Crippen LogP contribution in [0.5, 0.6) is 0 Å². The molecule has 1 aromatic heterocycles. The average molecular weight is 348 g/mol. The molecule has 1 aliphatic rings. The van der Waals surface area contributed by atoms with E-state index < -0.39 is 5.97 Å². The second kappa shape index (κ2) is 8.83. The maximum Gasteiger partial charge on any atom is 0.339 e. The maximum absolute atomic E-state index is 12.5. The third-order valence-corrected chi connectivity index (χ3v) is 4.88. The average Bonchev–Trinajstić information content (AvgIpc) is 2.85. The normalized spacial score (nSPS) is 16.0. The van der Waals surface area contributed by atoms with Crippen molar-refractivity contribution in [1.29, 1.82) is 0 Å². The van der Waals surface area contributed by atoms with E-state index in [1.807, 2.05) is 0 Å². The first-order valence-electron chi connectivity index (χ1n) is 9.04. The predicted molar refractivity (Wildman–Crippen MR) is 94.8 cm³/mol. The second-order valence-electron chi connectivity index (χ2n) is 6.81. The van der Waals surface area contributed by atoms with Crippen molar-refractivity contribution < 1.29 is 19.1 Å². The number of carbonyl (C=O) groups excluding carboxylic acids is 3. The number of H-pyrrole nitrogens is 1. The highest BCUT2D eigenvalue weighted by atomic mass is 16.5. The topological polar surface area (TPSA) is 88.3 Å². The van der Waals surface area contributed by atoms with Crippen LogP contribution >= 0.6 is 0 Å². The van der Waals surface area contributed by atoms with Crippen molar-refractivity contribution in [2.24, 2.45) is 0 Å². The molecule has 138 valence electrons. The van der Waals surface area contributed by atoms with Gasteiger partial charge in [0.1, 0.15) is 0 Å². The highest BCUT2D eigenvalue weighted by molar-refractivity contribution is 6.01. The molecule has 6 nitrogen and oxygen atoms in total. The van der Waals surface area contributed by atoms with Gasteiger partial charge in [0.15, 0.2) is 5.78 Å². The molecule has 2 N–H and O–H groups in total. The van der Waals surface area contributed by atoms with E-state index in [1.54, 1.807) is 6.92 Å². The Hall–Kier alpha value is -2.11. The van der Waals surface area contributed by atoms with Crippen LogP contribution in [0.4, 0.5) is 0 Å². The fourth-order valence-electron chi connectivity index (χ4n) is 3.56. The smallest absolute Gasteiger partial charge is 0.339 e. The van der Waals surface area contributed by atoms with E-state index in [1.165, 1.54) is 33.3 Å². The summed E-state index contributed by atoms with van der Waals surface area (Å²) in [5.74, 6) is -0.837. The summed E-state index contributed by atoms with van der Waals surface area (Å²) in [6.45, 7) is 3.12. The van der Waals surface area contributed by atoms with Gasteiger partial charge in [-0.2, -0.15) is 0 Å². The first-order valence-corrected chi connectivity index (χ1v) is 9.04. The highest BCUT2D eigenvalue weighted by Gasteiger charge is 2.25. The van der Waals surface area contributed by atoms with Crippen LogP contribution in [0, 0.1) is 6.92 Å². The minimum atomic E-state index is -0.532. The molecule has 0 saturated heterocycles. The summed E-state index contributed by atoms with van der Waals surface area (Å²) in [6, 6.07) is 0.192. The number of amides is 1. The number of methoxy groups -OCH3 is 1. The lowest BCUT2D eigenvalue weighted by Crippen LogP contribution is -2.36. The van der Waals surface area contributed by atoms with Crippen molar-refractivity contribution in [2.45, 2.75) is 71.3 Å². The van der Waals surface area contributed by atoms with Crippen LogP contribution in [0.3, 0.4) is 0 Å². The molecule has 6 heteroatoms. The Labute approximate surface area is 148 Å². The Morgan fingerprint density at radius 1 is 1.12 bits per heavy atom. The molecule has 1 saturated carbocycles. The quantitative estimate of drug-likeness (QED) is 0.632. The fourth-order valence-corrected chi connectivity index (χ4v) is 3.56. The third kappa shape index (κ3) is 4.94. The van der Waals surface area contributed by atoms with E-state index in [9.17, 15) is 14.4 Å². The molecule has 0 radical (unpaired) electrons. The number of carbonyl (C=O) groups is 3. The van der Waals surface area contributed by atoms with Crippen LogP contribution < -0.4 is 5.32 Å². The van der Waals surface area contributed by atoms with Crippen molar-refractivity contribution in [2.75, 3.05) is 7.11 Å². The minimum absolute atomic E-state index is 0.0368. The highest BCUT2D eigenvalue weighted by Crippen LogP contribution is 2.21. The summed E-state index contributed by atoms with van der Waals surface area (Å²) in [4.78, 5) is 39.2. The van der Waals surface area contributed by atoms with Gasteiger partial charge in [0.2, 0.25) is 5.91 Å². The molecule has 2 rings (SSSR count). The molecule has 0 aromatic carbocycles. The molecule has 1 amide bonds. The van der Waals surface area contributed by atoms with E-state index in [4.69, 9.17) is 4.74 Å². The van der Waals surface area contributed by atoms with Gasteiger partial charge in [-0.05, 0) is 25.3 Å². The Kier molecular flexibility index (Phi) is 6.79. The Bertz CT molecular complexity index is 640. The van der Waals surface area contributed by atoms with Gasteiger partial charge in [0.05, 0.1) is 24.8 Å². The number of rotatable bonds is 5. The molecule has 25 heavy (non-hydrogen) atoms.